The van der Waals surface area contributed by atoms with Gasteiger partial charge in [0.05, 0.1) is 17.6 Å². The van der Waals surface area contributed by atoms with Crippen LogP contribution in [-0.4, -0.2) is 42.9 Å². The zero-order chi connectivity index (χ0) is 21.6. The van der Waals surface area contributed by atoms with Crippen molar-refractivity contribution in [1.82, 2.24) is 4.90 Å². The average molecular weight is 435 g/mol. The minimum atomic E-state index is -0.602. The van der Waals surface area contributed by atoms with Gasteiger partial charge in [-0.25, -0.2) is 4.79 Å². The highest BCUT2D eigenvalue weighted by Crippen LogP contribution is 2.34. The van der Waals surface area contributed by atoms with Crippen LogP contribution < -0.4 is 5.32 Å². The van der Waals surface area contributed by atoms with Crippen molar-refractivity contribution in [2.45, 2.75) is 20.8 Å². The fourth-order valence-electron chi connectivity index (χ4n) is 2.71. The number of methoxy groups -OCH3 is 1. The first-order valence-corrected chi connectivity index (χ1v) is 10.3. The van der Waals surface area contributed by atoms with Crippen molar-refractivity contribution in [2.24, 2.45) is 0 Å². The van der Waals surface area contributed by atoms with Crippen molar-refractivity contribution in [2.75, 3.05) is 25.5 Å². The molecule has 0 radical (unpaired) electrons. The topological polar surface area (TPSA) is 75.7 Å². The second-order valence-electron chi connectivity index (χ2n) is 6.10. The lowest BCUT2D eigenvalue weighted by Crippen LogP contribution is -2.30. The summed E-state index contributed by atoms with van der Waals surface area (Å²) >= 11 is 6.93. The van der Waals surface area contributed by atoms with E-state index in [1.807, 2.05) is 13.8 Å². The number of nitrogens with one attached hydrogen (secondary N) is 1. The van der Waals surface area contributed by atoms with Crippen LogP contribution in [0.2, 0.25) is 5.02 Å². The third kappa shape index (κ3) is 5.46. The fraction of sp³-hybridized carbons (Fsp3) is 0.286. The normalized spacial score (nSPS) is 10.8. The molecule has 0 bridgehead atoms. The lowest BCUT2D eigenvalue weighted by atomic mass is 10.1. The molecular weight excluding hydrogens is 412 g/mol. The van der Waals surface area contributed by atoms with Gasteiger partial charge in [0, 0.05) is 24.2 Å². The number of esters is 1. The Labute approximate surface area is 179 Å². The van der Waals surface area contributed by atoms with Crippen molar-refractivity contribution in [3.8, 4) is 0 Å². The van der Waals surface area contributed by atoms with Crippen LogP contribution in [0.25, 0.3) is 6.08 Å². The van der Waals surface area contributed by atoms with Gasteiger partial charge in [-0.1, -0.05) is 23.7 Å². The fourth-order valence-corrected chi connectivity index (χ4v) is 4.00. The molecule has 0 fully saturated rings. The highest BCUT2D eigenvalue weighted by molar-refractivity contribution is 7.18. The SMILES string of the molecule is CCN(CC)C(=O)c1sc(NC(=O)C=Cc2ccc(Cl)cc2)c(C(=O)OC)c1C. The van der Waals surface area contributed by atoms with Gasteiger partial charge in [-0.2, -0.15) is 0 Å². The van der Waals surface area contributed by atoms with Crippen LogP contribution in [0, 0.1) is 6.92 Å². The molecule has 0 spiro atoms. The first-order chi connectivity index (χ1) is 13.8. The second-order valence-corrected chi connectivity index (χ2v) is 7.56. The van der Waals surface area contributed by atoms with E-state index >= 15 is 0 Å². The Hall–Kier alpha value is -2.64. The molecule has 0 aliphatic heterocycles. The third-order valence-corrected chi connectivity index (χ3v) is 5.76. The van der Waals surface area contributed by atoms with Crippen LogP contribution in [0.1, 0.15) is 45.0 Å². The number of ether oxygens (including phenoxy) is 1. The maximum Gasteiger partial charge on any atom is 0.341 e. The molecule has 2 aromatic rings. The summed E-state index contributed by atoms with van der Waals surface area (Å²) in [6, 6.07) is 7.01. The molecule has 8 heteroatoms. The number of hydrogen-bond donors (Lipinski definition) is 1. The van der Waals surface area contributed by atoms with Crippen molar-refractivity contribution in [3.63, 3.8) is 0 Å². The molecule has 0 aliphatic carbocycles. The van der Waals surface area contributed by atoms with E-state index in [1.54, 1.807) is 42.2 Å². The number of thiophene rings is 1. The summed E-state index contributed by atoms with van der Waals surface area (Å²) in [6.45, 7) is 6.54. The molecule has 2 amide bonds. The number of rotatable bonds is 7. The molecule has 29 heavy (non-hydrogen) atoms. The molecular formula is C21H23ClN2O4S. The van der Waals surface area contributed by atoms with Crippen LogP contribution in [-0.2, 0) is 9.53 Å². The Bertz CT molecular complexity index is 931. The smallest absolute Gasteiger partial charge is 0.341 e. The molecule has 0 saturated carbocycles. The summed E-state index contributed by atoms with van der Waals surface area (Å²) in [4.78, 5) is 39.5. The number of anilines is 1. The van der Waals surface area contributed by atoms with Crippen LogP contribution in [0.15, 0.2) is 30.3 Å². The van der Waals surface area contributed by atoms with Crippen molar-refractivity contribution < 1.29 is 19.1 Å². The molecule has 0 saturated heterocycles. The number of carbonyl (C=O) groups excluding carboxylic acids is 3. The molecule has 1 N–H and O–H groups in total. The summed E-state index contributed by atoms with van der Waals surface area (Å²) in [6.07, 6.45) is 2.98. The predicted molar refractivity (Wildman–Crippen MR) is 117 cm³/mol. The highest BCUT2D eigenvalue weighted by atomic mass is 35.5. The van der Waals surface area contributed by atoms with Crippen LogP contribution >= 0.6 is 22.9 Å². The Morgan fingerprint density at radius 1 is 1.17 bits per heavy atom. The molecule has 6 nitrogen and oxygen atoms in total. The summed E-state index contributed by atoms with van der Waals surface area (Å²) in [5, 5.41) is 3.59. The Morgan fingerprint density at radius 3 is 2.34 bits per heavy atom. The van der Waals surface area contributed by atoms with Gasteiger partial charge in [0.1, 0.15) is 5.00 Å². The zero-order valence-electron chi connectivity index (χ0n) is 16.7. The van der Waals surface area contributed by atoms with Gasteiger partial charge in [0.2, 0.25) is 5.91 Å². The van der Waals surface area contributed by atoms with Crippen molar-refractivity contribution in [3.05, 3.63) is 56.9 Å². The van der Waals surface area contributed by atoms with Crippen LogP contribution in [0.3, 0.4) is 0 Å². The minimum Gasteiger partial charge on any atom is -0.465 e. The number of benzene rings is 1. The summed E-state index contributed by atoms with van der Waals surface area (Å²) in [5.41, 5.74) is 1.49. The molecule has 0 unspecified atom stereocenters. The monoisotopic (exact) mass is 434 g/mol. The maximum atomic E-state index is 12.8. The van der Waals surface area contributed by atoms with E-state index in [9.17, 15) is 14.4 Å². The standard InChI is InChI=1S/C21H23ClN2O4S/c1-5-24(6-2)20(26)18-13(3)17(21(27)28-4)19(29-18)23-16(25)12-9-14-7-10-15(22)11-8-14/h7-12H,5-6H2,1-4H3,(H,23,25). The van der Waals surface area contributed by atoms with Crippen LogP contribution in [0.4, 0.5) is 5.00 Å². The van der Waals surface area contributed by atoms with E-state index in [4.69, 9.17) is 16.3 Å². The highest BCUT2D eigenvalue weighted by Gasteiger charge is 2.27. The number of carbonyl (C=O) groups is 3. The predicted octanol–water partition coefficient (Wildman–Crippen LogP) is 4.63. The zero-order valence-corrected chi connectivity index (χ0v) is 18.3. The summed E-state index contributed by atoms with van der Waals surface area (Å²) in [7, 11) is 1.26. The number of hydrogen-bond acceptors (Lipinski definition) is 5. The van der Waals surface area contributed by atoms with Gasteiger partial charge < -0.3 is 15.0 Å². The first-order valence-electron chi connectivity index (χ1n) is 9.07. The van der Waals surface area contributed by atoms with E-state index in [1.165, 1.54) is 13.2 Å². The molecule has 2 rings (SSSR count). The molecule has 1 aromatic carbocycles. The van der Waals surface area contributed by atoms with Crippen molar-refractivity contribution >= 4 is 51.8 Å². The van der Waals surface area contributed by atoms with Gasteiger partial charge in [-0.15, -0.1) is 11.3 Å². The largest absolute Gasteiger partial charge is 0.465 e. The Kier molecular flexibility index (Phi) is 7.99. The van der Waals surface area contributed by atoms with E-state index in [0.717, 1.165) is 16.9 Å². The van der Waals surface area contributed by atoms with Gasteiger partial charge >= 0.3 is 5.97 Å². The molecule has 0 aliphatic rings. The van der Waals surface area contributed by atoms with E-state index in [2.05, 4.69) is 5.32 Å². The number of halogens is 1. The van der Waals surface area contributed by atoms with E-state index < -0.39 is 11.9 Å². The van der Waals surface area contributed by atoms with Gasteiger partial charge in [-0.3, -0.25) is 9.59 Å². The maximum absolute atomic E-state index is 12.8. The lowest BCUT2D eigenvalue weighted by Gasteiger charge is -2.17. The van der Waals surface area contributed by atoms with Gasteiger partial charge in [0.25, 0.3) is 5.91 Å². The van der Waals surface area contributed by atoms with E-state index in [0.29, 0.717) is 28.6 Å². The number of nitrogens with zero attached hydrogens (tertiary/aromatic N) is 1. The Balaban J connectivity index is 2.31. The molecule has 1 heterocycles. The van der Waals surface area contributed by atoms with Crippen LogP contribution in [0.5, 0.6) is 0 Å². The first kappa shape index (κ1) is 22.6. The second kappa shape index (κ2) is 10.2. The quantitative estimate of drug-likeness (QED) is 0.509. The molecule has 154 valence electrons. The molecule has 1 aromatic heterocycles. The molecule has 0 atom stereocenters. The Morgan fingerprint density at radius 2 is 1.79 bits per heavy atom. The van der Waals surface area contributed by atoms with Gasteiger partial charge in [-0.05, 0) is 50.1 Å². The number of amides is 2. The summed E-state index contributed by atoms with van der Waals surface area (Å²) < 4.78 is 4.85. The summed E-state index contributed by atoms with van der Waals surface area (Å²) in [5.74, 6) is -1.21. The van der Waals surface area contributed by atoms with E-state index in [-0.39, 0.29) is 16.5 Å². The minimum absolute atomic E-state index is 0.181. The third-order valence-electron chi connectivity index (χ3n) is 4.32. The lowest BCUT2D eigenvalue weighted by molar-refractivity contribution is -0.111. The van der Waals surface area contributed by atoms with Crippen molar-refractivity contribution in [1.29, 1.82) is 0 Å². The average Bonchev–Trinajstić information content (AvgIpc) is 3.03. The van der Waals surface area contributed by atoms with Gasteiger partial charge in [0.15, 0.2) is 0 Å².